The molecule has 0 fully saturated rings. The molecular formula is C13H18N4OS. The highest BCUT2D eigenvalue weighted by Gasteiger charge is 2.15. The molecule has 0 aliphatic carbocycles. The molecule has 2 aromatic rings. The van der Waals surface area contributed by atoms with Crippen molar-refractivity contribution in [2.24, 2.45) is 11.8 Å². The van der Waals surface area contributed by atoms with Crippen LogP contribution in [0.25, 0.3) is 10.2 Å². The number of carbonyl (C=O) groups is 1. The van der Waals surface area contributed by atoms with Crippen LogP contribution in [-0.2, 0) is 4.79 Å². The largest absolute Gasteiger partial charge is 0.325 e. The average molecular weight is 278 g/mol. The highest BCUT2D eigenvalue weighted by atomic mass is 32.1. The zero-order valence-corrected chi connectivity index (χ0v) is 12.3. The van der Waals surface area contributed by atoms with Crippen LogP contribution in [0.15, 0.2) is 6.07 Å². The molecule has 0 aliphatic rings. The van der Waals surface area contributed by atoms with E-state index in [9.17, 15) is 4.79 Å². The summed E-state index contributed by atoms with van der Waals surface area (Å²) in [7, 11) is 0. The van der Waals surface area contributed by atoms with Crippen molar-refractivity contribution in [1.82, 2.24) is 4.98 Å². The number of thiazole rings is 1. The second-order valence-electron chi connectivity index (χ2n) is 4.85. The van der Waals surface area contributed by atoms with Crippen LogP contribution in [0.5, 0.6) is 0 Å². The third kappa shape index (κ3) is 2.54. The normalized spacial score (nSPS) is 11.1. The van der Waals surface area contributed by atoms with Crippen LogP contribution < -0.4 is 16.6 Å². The smallest absolute Gasteiger partial charge is 0.226 e. The fourth-order valence-electron chi connectivity index (χ4n) is 1.91. The van der Waals surface area contributed by atoms with Gasteiger partial charge in [0.05, 0.1) is 10.2 Å². The molecule has 0 unspecified atom stereocenters. The van der Waals surface area contributed by atoms with Crippen molar-refractivity contribution in [2.45, 2.75) is 27.7 Å². The fraction of sp³-hybridized carbons (Fsp3) is 0.385. The van der Waals surface area contributed by atoms with Crippen molar-refractivity contribution >= 4 is 38.3 Å². The van der Waals surface area contributed by atoms with Gasteiger partial charge in [-0.15, -0.1) is 0 Å². The van der Waals surface area contributed by atoms with Crippen molar-refractivity contribution in [3.63, 3.8) is 0 Å². The zero-order chi connectivity index (χ0) is 14.2. The molecule has 1 aromatic heterocycles. The Morgan fingerprint density at radius 3 is 2.68 bits per heavy atom. The Balaban J connectivity index is 2.52. The van der Waals surface area contributed by atoms with Crippen LogP contribution in [0.1, 0.15) is 25.0 Å². The molecule has 0 radical (unpaired) electrons. The minimum Gasteiger partial charge on any atom is -0.325 e. The quantitative estimate of drug-likeness (QED) is 0.596. The molecule has 0 saturated carbocycles. The molecule has 6 heteroatoms. The van der Waals surface area contributed by atoms with E-state index in [-0.39, 0.29) is 11.8 Å². The van der Waals surface area contributed by atoms with Gasteiger partial charge in [0.15, 0.2) is 5.13 Å². The number of hydrogen-bond acceptors (Lipinski definition) is 5. The number of anilines is 2. The zero-order valence-electron chi connectivity index (χ0n) is 11.5. The number of hydrogen-bond donors (Lipinski definition) is 3. The van der Waals surface area contributed by atoms with Crippen molar-refractivity contribution < 1.29 is 4.79 Å². The summed E-state index contributed by atoms with van der Waals surface area (Å²) in [6.07, 6.45) is 0. The first-order chi connectivity index (χ1) is 8.93. The molecule has 5 nitrogen and oxygen atoms in total. The first kappa shape index (κ1) is 13.8. The lowest BCUT2D eigenvalue weighted by Gasteiger charge is -2.13. The number of nitrogens with zero attached hydrogens (tertiary/aromatic N) is 1. The molecule has 0 saturated heterocycles. The van der Waals surface area contributed by atoms with Crippen molar-refractivity contribution in [3.8, 4) is 0 Å². The summed E-state index contributed by atoms with van der Waals surface area (Å²) in [6.45, 7) is 7.71. The molecule has 102 valence electrons. The van der Waals surface area contributed by atoms with Gasteiger partial charge in [-0.25, -0.2) is 10.8 Å². The number of nitrogens with two attached hydrogens (primary N) is 1. The first-order valence-corrected chi connectivity index (χ1v) is 6.94. The van der Waals surface area contributed by atoms with Crippen LogP contribution in [0.3, 0.4) is 0 Å². The van der Waals surface area contributed by atoms with Crippen molar-refractivity contribution in [1.29, 1.82) is 0 Å². The van der Waals surface area contributed by atoms with Crippen molar-refractivity contribution in [2.75, 3.05) is 10.7 Å². The Morgan fingerprint density at radius 1 is 1.42 bits per heavy atom. The molecule has 0 aliphatic heterocycles. The van der Waals surface area contributed by atoms with Gasteiger partial charge in [0, 0.05) is 11.6 Å². The monoisotopic (exact) mass is 278 g/mol. The second-order valence-corrected chi connectivity index (χ2v) is 5.85. The topological polar surface area (TPSA) is 80.0 Å². The van der Waals surface area contributed by atoms with E-state index in [0.717, 1.165) is 27.0 Å². The molecule has 1 heterocycles. The molecular weight excluding hydrogens is 260 g/mol. The van der Waals surface area contributed by atoms with E-state index in [1.165, 1.54) is 11.3 Å². The number of nitrogen functional groups attached to an aromatic ring is 1. The van der Waals surface area contributed by atoms with Crippen LogP contribution in [0.2, 0.25) is 0 Å². The maximum atomic E-state index is 11.9. The maximum Gasteiger partial charge on any atom is 0.226 e. The van der Waals surface area contributed by atoms with Crippen LogP contribution in [0.4, 0.5) is 10.8 Å². The van der Waals surface area contributed by atoms with Gasteiger partial charge in [0.2, 0.25) is 5.91 Å². The minimum atomic E-state index is -0.0442. The van der Waals surface area contributed by atoms with E-state index in [4.69, 9.17) is 5.84 Å². The molecule has 19 heavy (non-hydrogen) atoms. The number of carbonyl (C=O) groups excluding carboxylic acids is 1. The predicted molar refractivity (Wildman–Crippen MR) is 80.4 cm³/mol. The number of fused-ring (bicyclic) bond motifs is 1. The number of amides is 1. The van der Waals surface area contributed by atoms with E-state index in [2.05, 4.69) is 15.7 Å². The Kier molecular flexibility index (Phi) is 3.73. The molecule has 1 aromatic carbocycles. The SMILES string of the molecule is Cc1cc2nc(NN)sc2c(C)c1NC(=O)C(C)C. The highest BCUT2D eigenvalue weighted by molar-refractivity contribution is 7.22. The maximum absolute atomic E-state index is 11.9. The molecule has 1 amide bonds. The van der Waals surface area contributed by atoms with Crippen LogP contribution in [-0.4, -0.2) is 10.9 Å². The molecule has 4 N–H and O–H groups in total. The van der Waals surface area contributed by atoms with Crippen LogP contribution >= 0.6 is 11.3 Å². The van der Waals surface area contributed by atoms with E-state index in [1.807, 2.05) is 33.8 Å². The van der Waals surface area contributed by atoms with E-state index in [1.54, 1.807) is 0 Å². The molecule has 0 spiro atoms. The Bertz CT molecular complexity index is 633. The first-order valence-electron chi connectivity index (χ1n) is 6.12. The van der Waals surface area contributed by atoms with Gasteiger partial charge in [0.25, 0.3) is 0 Å². The number of hydrazine groups is 1. The van der Waals surface area contributed by atoms with Gasteiger partial charge < -0.3 is 5.32 Å². The van der Waals surface area contributed by atoms with Crippen molar-refractivity contribution in [3.05, 3.63) is 17.2 Å². The third-order valence-electron chi connectivity index (χ3n) is 3.01. The summed E-state index contributed by atoms with van der Waals surface area (Å²) in [4.78, 5) is 16.2. The summed E-state index contributed by atoms with van der Waals surface area (Å²) < 4.78 is 1.04. The van der Waals surface area contributed by atoms with Gasteiger partial charge in [-0.1, -0.05) is 25.2 Å². The second kappa shape index (κ2) is 5.14. The van der Waals surface area contributed by atoms with Gasteiger partial charge in [-0.3, -0.25) is 10.2 Å². The molecule has 0 atom stereocenters. The van der Waals surface area contributed by atoms with E-state index in [0.29, 0.717) is 5.13 Å². The summed E-state index contributed by atoms with van der Waals surface area (Å²) in [5.74, 6) is 5.36. The van der Waals surface area contributed by atoms with Gasteiger partial charge in [-0.2, -0.15) is 0 Å². The number of benzene rings is 1. The predicted octanol–water partition coefficient (Wildman–Crippen LogP) is 2.79. The lowest BCUT2D eigenvalue weighted by Crippen LogP contribution is -2.19. The fourth-order valence-corrected chi connectivity index (χ4v) is 2.77. The lowest BCUT2D eigenvalue weighted by atomic mass is 10.1. The molecule has 2 rings (SSSR count). The standard InChI is InChI=1S/C13H18N4OS/c1-6(2)12(18)16-10-7(3)5-9-11(8(10)4)19-13(15-9)17-14/h5-6H,14H2,1-4H3,(H,15,17)(H,16,18). The number of nitrogens with one attached hydrogen (secondary N) is 2. The molecule has 0 bridgehead atoms. The van der Waals surface area contributed by atoms with Gasteiger partial charge in [-0.05, 0) is 31.0 Å². The number of aromatic nitrogens is 1. The lowest BCUT2D eigenvalue weighted by molar-refractivity contribution is -0.118. The van der Waals surface area contributed by atoms with Gasteiger partial charge >= 0.3 is 0 Å². The summed E-state index contributed by atoms with van der Waals surface area (Å²) >= 11 is 1.48. The Labute approximate surface area is 116 Å². The Morgan fingerprint density at radius 2 is 2.11 bits per heavy atom. The summed E-state index contributed by atoms with van der Waals surface area (Å²) in [6, 6.07) is 1.97. The summed E-state index contributed by atoms with van der Waals surface area (Å²) in [5.41, 5.74) is 6.37. The third-order valence-corrected chi connectivity index (χ3v) is 4.13. The van der Waals surface area contributed by atoms with Gasteiger partial charge in [0.1, 0.15) is 0 Å². The average Bonchev–Trinajstić information content (AvgIpc) is 2.77. The highest BCUT2D eigenvalue weighted by Crippen LogP contribution is 2.34. The van der Waals surface area contributed by atoms with Crippen LogP contribution in [0, 0.1) is 19.8 Å². The van der Waals surface area contributed by atoms with E-state index < -0.39 is 0 Å². The van der Waals surface area contributed by atoms with E-state index >= 15 is 0 Å². The minimum absolute atomic E-state index is 0.0206. The number of rotatable bonds is 3. The summed E-state index contributed by atoms with van der Waals surface area (Å²) in [5, 5.41) is 3.66. The Hall–Kier alpha value is -1.66. The number of aryl methyl sites for hydroxylation is 2.